The molecule has 2 aromatic heterocycles. The molecule has 0 unspecified atom stereocenters. The predicted molar refractivity (Wildman–Crippen MR) is 153 cm³/mol. The summed E-state index contributed by atoms with van der Waals surface area (Å²) in [4.78, 5) is 8.31. The first-order valence-corrected chi connectivity index (χ1v) is 14.3. The van der Waals surface area contributed by atoms with Crippen molar-refractivity contribution in [2.24, 2.45) is 0 Å². The number of anilines is 1. The first-order valence-electron chi connectivity index (χ1n) is 13.3. The molecule has 1 saturated heterocycles. The number of pyridine rings is 1. The average molecular weight is 606 g/mol. The van der Waals surface area contributed by atoms with Crippen molar-refractivity contribution in [1.82, 2.24) is 9.97 Å². The lowest BCUT2D eigenvalue weighted by molar-refractivity contribution is -0.153. The fourth-order valence-electron chi connectivity index (χ4n) is 4.77. The van der Waals surface area contributed by atoms with Crippen molar-refractivity contribution >= 4 is 17.6 Å². The average Bonchev–Trinajstić information content (AvgIpc) is 3.58. The summed E-state index contributed by atoms with van der Waals surface area (Å²) in [6, 6.07) is 19.7. The topological polar surface area (TPSA) is 131 Å². The van der Waals surface area contributed by atoms with Crippen molar-refractivity contribution in [3.05, 3.63) is 82.7 Å². The molecule has 0 bridgehead atoms. The number of nitrogens with two attached hydrogens (primary N) is 1. The van der Waals surface area contributed by atoms with Crippen LogP contribution in [0.15, 0.2) is 64.0 Å². The molecule has 2 aromatic carbocycles. The minimum Gasteiger partial charge on any atom is -0.431 e. The van der Waals surface area contributed by atoms with Crippen LogP contribution in [-0.4, -0.2) is 28.5 Å². The van der Waals surface area contributed by atoms with Crippen molar-refractivity contribution in [3.8, 4) is 34.7 Å². The second kappa shape index (κ2) is 12.1. The Hall–Kier alpha value is -4.36. The molecule has 12 heteroatoms. The highest BCUT2D eigenvalue weighted by molar-refractivity contribution is 7.98. The van der Waals surface area contributed by atoms with Crippen LogP contribution in [0.3, 0.4) is 0 Å². The van der Waals surface area contributed by atoms with Crippen LogP contribution in [0.1, 0.15) is 48.4 Å². The molecule has 1 atom stereocenters. The van der Waals surface area contributed by atoms with Crippen LogP contribution >= 0.6 is 11.8 Å². The van der Waals surface area contributed by atoms with Crippen molar-refractivity contribution < 1.29 is 27.1 Å². The van der Waals surface area contributed by atoms with Gasteiger partial charge in [0, 0.05) is 16.9 Å². The van der Waals surface area contributed by atoms with Gasteiger partial charge in [-0.3, -0.25) is 0 Å². The molecule has 43 heavy (non-hydrogen) atoms. The number of halogens is 3. The number of alkyl halides is 3. The first kappa shape index (κ1) is 30.1. The number of thioether (sulfide) groups is 1. The van der Waals surface area contributed by atoms with Gasteiger partial charge in [-0.05, 0) is 49.9 Å². The summed E-state index contributed by atoms with van der Waals surface area (Å²) in [7, 11) is 0. The summed E-state index contributed by atoms with van der Waals surface area (Å²) < 4.78 is 58.1. The van der Waals surface area contributed by atoms with Gasteiger partial charge >= 0.3 is 6.18 Å². The zero-order valence-electron chi connectivity index (χ0n) is 23.2. The van der Waals surface area contributed by atoms with Gasteiger partial charge < -0.3 is 19.6 Å². The summed E-state index contributed by atoms with van der Waals surface area (Å²) in [5.74, 6) is -2.44. The summed E-state index contributed by atoms with van der Waals surface area (Å²) >= 11 is 0.860. The molecule has 0 radical (unpaired) electrons. The maximum absolute atomic E-state index is 13.8. The molecule has 0 aliphatic carbocycles. The van der Waals surface area contributed by atoms with E-state index in [-0.39, 0.29) is 51.0 Å². The molecule has 1 aliphatic rings. The van der Waals surface area contributed by atoms with Crippen LogP contribution in [0.25, 0.3) is 22.6 Å². The number of nitrogens with zero attached hydrogens (tertiary/aromatic N) is 4. The van der Waals surface area contributed by atoms with E-state index in [0.717, 1.165) is 30.2 Å². The molecule has 1 fully saturated rings. The third-order valence-corrected chi connectivity index (χ3v) is 7.79. The Balaban J connectivity index is 1.42. The van der Waals surface area contributed by atoms with E-state index in [9.17, 15) is 23.7 Å². The number of ether oxygens (including phenoxy) is 2. The van der Waals surface area contributed by atoms with Crippen LogP contribution in [0.4, 0.5) is 19.0 Å². The van der Waals surface area contributed by atoms with E-state index in [1.54, 1.807) is 42.5 Å². The summed E-state index contributed by atoms with van der Waals surface area (Å²) in [5.41, 5.74) is 8.03. The molecule has 0 saturated carbocycles. The Morgan fingerprint density at radius 1 is 1.00 bits per heavy atom. The van der Waals surface area contributed by atoms with Crippen molar-refractivity contribution in [2.45, 2.75) is 55.5 Å². The Labute approximate surface area is 250 Å². The molecular weight excluding hydrogens is 579 g/mol. The van der Waals surface area contributed by atoms with E-state index in [4.69, 9.17) is 19.6 Å². The fourth-order valence-corrected chi connectivity index (χ4v) is 5.70. The smallest absolute Gasteiger partial charge is 0.431 e. The van der Waals surface area contributed by atoms with Crippen LogP contribution < -0.4 is 5.73 Å². The molecule has 1 aliphatic heterocycles. The van der Waals surface area contributed by atoms with Crippen molar-refractivity contribution in [1.29, 1.82) is 10.5 Å². The molecule has 220 valence electrons. The van der Waals surface area contributed by atoms with Gasteiger partial charge in [-0.15, -0.1) is 0 Å². The largest absolute Gasteiger partial charge is 0.451 e. The summed E-state index contributed by atoms with van der Waals surface area (Å²) in [6.45, 7) is 4.26. The zero-order valence-corrected chi connectivity index (χ0v) is 24.1. The SMILES string of the molecule is CC1(C)OC[C@H](CCc2ccc(-c3c(C#N)c(N)nc(SCc4nc(-c5ccccc5)oc4C(F)(F)F)c3C#N)cc2)O1. The van der Waals surface area contributed by atoms with Gasteiger partial charge in [-0.1, -0.05) is 54.2 Å². The van der Waals surface area contributed by atoms with E-state index < -0.39 is 17.7 Å². The number of hydrogen-bond acceptors (Lipinski definition) is 9. The quantitative estimate of drug-likeness (QED) is 0.208. The number of aromatic nitrogens is 2. The third-order valence-electron chi connectivity index (χ3n) is 6.80. The highest BCUT2D eigenvalue weighted by Gasteiger charge is 2.40. The third kappa shape index (κ3) is 6.67. The second-order valence-electron chi connectivity index (χ2n) is 10.3. The molecule has 4 aromatic rings. The highest BCUT2D eigenvalue weighted by Crippen LogP contribution is 2.40. The monoisotopic (exact) mass is 605 g/mol. The van der Waals surface area contributed by atoms with Crippen molar-refractivity contribution in [2.75, 3.05) is 12.3 Å². The second-order valence-corrected chi connectivity index (χ2v) is 11.2. The van der Waals surface area contributed by atoms with Crippen LogP contribution in [0.2, 0.25) is 0 Å². The van der Waals surface area contributed by atoms with Gasteiger partial charge in [0.1, 0.15) is 34.2 Å². The lowest BCUT2D eigenvalue weighted by atomic mass is 9.95. The van der Waals surface area contributed by atoms with Crippen molar-refractivity contribution in [3.63, 3.8) is 0 Å². The zero-order chi connectivity index (χ0) is 30.8. The number of benzene rings is 2. The highest BCUT2D eigenvalue weighted by atomic mass is 32.2. The molecule has 2 N–H and O–H groups in total. The lowest BCUT2D eigenvalue weighted by Crippen LogP contribution is -2.21. The van der Waals surface area contributed by atoms with E-state index in [1.165, 1.54) is 0 Å². The molecule has 0 spiro atoms. The van der Waals surface area contributed by atoms with Gasteiger partial charge in [0.25, 0.3) is 0 Å². The van der Waals surface area contributed by atoms with E-state index in [0.29, 0.717) is 17.7 Å². The fraction of sp³-hybridized carbons (Fsp3) is 0.290. The Bertz CT molecular complexity index is 1710. The van der Waals surface area contributed by atoms with Gasteiger partial charge in [0.05, 0.1) is 18.3 Å². The maximum atomic E-state index is 13.8. The normalized spacial score (nSPS) is 16.1. The lowest BCUT2D eigenvalue weighted by Gasteiger charge is -2.17. The molecular formula is C31H26F3N5O3S. The molecule has 0 amide bonds. The number of rotatable bonds is 8. The molecule has 5 rings (SSSR count). The van der Waals surface area contributed by atoms with Crippen LogP contribution in [-0.2, 0) is 27.8 Å². The standard InChI is InChI=1S/C31H26F3N5O3S/c1-30(2)40-16-21(42-30)13-10-18-8-11-19(12-9-18)25-22(14-35)27(37)39-29(23(25)15-36)43-17-24-26(31(32,33)34)41-28(38-24)20-6-4-3-5-7-20/h3-9,11-12,21H,10,13,16-17H2,1-2H3,(H2,37,39)/t21-/m0/s1. The van der Waals surface area contributed by atoms with Gasteiger partial charge in [0.15, 0.2) is 5.79 Å². The van der Waals surface area contributed by atoms with Crippen LogP contribution in [0, 0.1) is 22.7 Å². The Morgan fingerprint density at radius 3 is 2.30 bits per heavy atom. The predicted octanol–water partition coefficient (Wildman–Crippen LogP) is 7.12. The summed E-state index contributed by atoms with van der Waals surface area (Å²) in [6.07, 6.45) is -3.32. The minimum absolute atomic E-state index is 0.0103. The molecule has 3 heterocycles. The van der Waals surface area contributed by atoms with Gasteiger partial charge in [0.2, 0.25) is 11.7 Å². The number of oxazole rings is 1. The van der Waals surface area contributed by atoms with E-state index in [2.05, 4.69) is 16.0 Å². The Morgan fingerprint density at radius 2 is 1.70 bits per heavy atom. The minimum atomic E-state index is -4.79. The number of hydrogen-bond donors (Lipinski definition) is 1. The maximum Gasteiger partial charge on any atom is 0.451 e. The van der Waals surface area contributed by atoms with E-state index >= 15 is 0 Å². The Kier molecular flexibility index (Phi) is 8.47. The van der Waals surface area contributed by atoms with Gasteiger partial charge in [-0.25, -0.2) is 9.97 Å². The number of nitrogen functional groups attached to an aromatic ring is 1. The van der Waals surface area contributed by atoms with E-state index in [1.807, 2.05) is 32.0 Å². The van der Waals surface area contributed by atoms with Gasteiger partial charge in [-0.2, -0.15) is 23.7 Å². The number of nitriles is 2. The molecule has 8 nitrogen and oxygen atoms in total. The van der Waals surface area contributed by atoms with Crippen LogP contribution in [0.5, 0.6) is 0 Å². The summed E-state index contributed by atoms with van der Waals surface area (Å²) in [5, 5.41) is 20.1. The first-order chi connectivity index (χ1) is 20.5. The number of aryl methyl sites for hydroxylation is 1.